The van der Waals surface area contributed by atoms with Gasteiger partial charge in [-0.05, 0) is 19.4 Å². The molecule has 0 bridgehead atoms. The lowest BCUT2D eigenvalue weighted by Gasteiger charge is -2.01. The Balaban J connectivity index is 2.55. The number of anilines is 1. The highest BCUT2D eigenvalue weighted by molar-refractivity contribution is 7.18. The summed E-state index contributed by atoms with van der Waals surface area (Å²) in [5, 5.41) is 4.39. The van der Waals surface area contributed by atoms with Crippen LogP contribution in [0.25, 0.3) is 10.2 Å². The van der Waals surface area contributed by atoms with Gasteiger partial charge in [0.05, 0.1) is 5.39 Å². The molecule has 2 heterocycles. The number of aryl methyl sites for hydroxylation is 1. The number of hydrogen-bond acceptors (Lipinski definition) is 4. The van der Waals surface area contributed by atoms with Gasteiger partial charge in [0.1, 0.15) is 17.0 Å². The van der Waals surface area contributed by atoms with Crippen molar-refractivity contribution in [2.24, 2.45) is 0 Å². The van der Waals surface area contributed by atoms with Crippen LogP contribution < -0.4 is 5.32 Å². The zero-order valence-corrected chi connectivity index (χ0v) is 9.19. The molecule has 74 valence electrons. The number of nitrogens with one attached hydrogen (secondary N) is 1. The average Bonchev–Trinajstić information content (AvgIpc) is 2.62. The second-order valence-electron chi connectivity index (χ2n) is 3.04. The summed E-state index contributed by atoms with van der Waals surface area (Å²) in [6, 6.07) is 2.18. The molecule has 2 aromatic rings. The Morgan fingerprint density at radius 2 is 2.21 bits per heavy atom. The van der Waals surface area contributed by atoms with Gasteiger partial charge in [-0.2, -0.15) is 0 Å². The Morgan fingerprint density at radius 3 is 2.93 bits per heavy atom. The van der Waals surface area contributed by atoms with Crippen molar-refractivity contribution >= 4 is 27.4 Å². The molecule has 1 N–H and O–H groups in total. The average molecular weight is 207 g/mol. The van der Waals surface area contributed by atoms with E-state index in [1.165, 1.54) is 4.88 Å². The van der Waals surface area contributed by atoms with Gasteiger partial charge in [0.15, 0.2) is 0 Å². The van der Waals surface area contributed by atoms with E-state index in [1.807, 2.05) is 0 Å². The molecule has 0 saturated heterocycles. The molecule has 2 rings (SSSR count). The van der Waals surface area contributed by atoms with E-state index >= 15 is 0 Å². The number of thiophene rings is 1. The molecule has 14 heavy (non-hydrogen) atoms. The van der Waals surface area contributed by atoms with Crippen molar-refractivity contribution in [1.29, 1.82) is 0 Å². The predicted octanol–water partition coefficient (Wildman–Crippen LogP) is 2.69. The van der Waals surface area contributed by atoms with Crippen LogP contribution in [0.3, 0.4) is 0 Å². The summed E-state index contributed by atoms with van der Waals surface area (Å²) in [6.45, 7) is 5.12. The predicted molar refractivity (Wildman–Crippen MR) is 61.0 cm³/mol. The van der Waals surface area contributed by atoms with Crippen LogP contribution in [0.1, 0.15) is 18.7 Å². The third kappa shape index (κ3) is 1.57. The third-order valence-electron chi connectivity index (χ3n) is 2.07. The van der Waals surface area contributed by atoms with Crippen LogP contribution in [0.2, 0.25) is 0 Å². The van der Waals surface area contributed by atoms with Gasteiger partial charge in [0.25, 0.3) is 0 Å². The highest BCUT2D eigenvalue weighted by Gasteiger charge is 2.06. The minimum absolute atomic E-state index is 0.892. The van der Waals surface area contributed by atoms with Crippen LogP contribution in [-0.2, 0) is 6.42 Å². The molecule has 0 saturated carbocycles. The van der Waals surface area contributed by atoms with Crippen molar-refractivity contribution in [3.8, 4) is 0 Å². The fourth-order valence-electron chi connectivity index (χ4n) is 1.39. The van der Waals surface area contributed by atoms with Gasteiger partial charge >= 0.3 is 0 Å². The summed E-state index contributed by atoms with van der Waals surface area (Å²) >= 11 is 1.75. The lowest BCUT2D eigenvalue weighted by molar-refractivity contribution is 1.14. The standard InChI is InChI=1S/C10H13N3S/c1-3-7-5-8-9(11-4-2)12-6-13-10(8)14-7/h5-6H,3-4H2,1-2H3,(H,11,12,13). The molecule has 4 heteroatoms. The van der Waals surface area contributed by atoms with Gasteiger partial charge in [0.2, 0.25) is 0 Å². The van der Waals surface area contributed by atoms with E-state index in [1.54, 1.807) is 17.7 Å². The van der Waals surface area contributed by atoms with Crippen LogP contribution in [0, 0.1) is 0 Å². The van der Waals surface area contributed by atoms with Crippen molar-refractivity contribution in [2.45, 2.75) is 20.3 Å². The van der Waals surface area contributed by atoms with Crippen LogP contribution >= 0.6 is 11.3 Å². The summed E-state index contributed by atoms with van der Waals surface area (Å²) < 4.78 is 0. The van der Waals surface area contributed by atoms with Crippen molar-refractivity contribution in [2.75, 3.05) is 11.9 Å². The minimum Gasteiger partial charge on any atom is -0.370 e. The second kappa shape index (κ2) is 3.92. The SMILES string of the molecule is CCNc1ncnc2sc(CC)cc12. The summed E-state index contributed by atoms with van der Waals surface area (Å²) in [5.74, 6) is 0.952. The molecule has 0 atom stereocenters. The molecule has 3 nitrogen and oxygen atoms in total. The van der Waals surface area contributed by atoms with Crippen LogP contribution in [0.4, 0.5) is 5.82 Å². The van der Waals surface area contributed by atoms with Crippen molar-refractivity contribution < 1.29 is 0 Å². The molecule has 0 aliphatic rings. The van der Waals surface area contributed by atoms with Gasteiger partial charge in [0, 0.05) is 11.4 Å². The lowest BCUT2D eigenvalue weighted by Crippen LogP contribution is -1.99. The number of fused-ring (bicyclic) bond motifs is 1. The summed E-state index contributed by atoms with van der Waals surface area (Å²) in [4.78, 5) is 10.9. The Morgan fingerprint density at radius 1 is 1.36 bits per heavy atom. The summed E-state index contributed by atoms with van der Waals surface area (Å²) in [6.07, 6.45) is 2.68. The number of rotatable bonds is 3. The van der Waals surface area contributed by atoms with E-state index in [0.29, 0.717) is 0 Å². The molecule has 0 amide bonds. The first kappa shape index (κ1) is 9.40. The summed E-state index contributed by atoms with van der Waals surface area (Å²) in [7, 11) is 0. The molecule has 0 unspecified atom stereocenters. The zero-order valence-electron chi connectivity index (χ0n) is 8.37. The molecule has 0 aliphatic carbocycles. The van der Waals surface area contributed by atoms with Crippen LogP contribution in [0.15, 0.2) is 12.4 Å². The normalized spacial score (nSPS) is 10.7. The molecule has 2 aromatic heterocycles. The van der Waals surface area contributed by atoms with Gasteiger partial charge in [-0.3, -0.25) is 0 Å². The Bertz CT molecular complexity index is 436. The lowest BCUT2D eigenvalue weighted by atomic mass is 10.3. The van der Waals surface area contributed by atoms with E-state index in [0.717, 1.165) is 29.0 Å². The van der Waals surface area contributed by atoms with Gasteiger partial charge < -0.3 is 5.32 Å². The maximum absolute atomic E-state index is 4.26. The van der Waals surface area contributed by atoms with Crippen LogP contribution in [-0.4, -0.2) is 16.5 Å². The maximum atomic E-state index is 4.26. The minimum atomic E-state index is 0.892. The van der Waals surface area contributed by atoms with E-state index in [9.17, 15) is 0 Å². The first-order valence-electron chi connectivity index (χ1n) is 4.82. The molecule has 0 fully saturated rings. The smallest absolute Gasteiger partial charge is 0.138 e. The van der Waals surface area contributed by atoms with Crippen molar-refractivity contribution in [3.63, 3.8) is 0 Å². The molecule has 0 radical (unpaired) electrons. The van der Waals surface area contributed by atoms with Gasteiger partial charge in [-0.1, -0.05) is 6.92 Å². The second-order valence-corrected chi connectivity index (χ2v) is 4.15. The van der Waals surface area contributed by atoms with E-state index in [2.05, 4.69) is 35.2 Å². The first-order chi connectivity index (χ1) is 6.85. The van der Waals surface area contributed by atoms with E-state index in [-0.39, 0.29) is 0 Å². The molecule has 0 aliphatic heterocycles. The Kier molecular flexibility index (Phi) is 2.63. The monoisotopic (exact) mass is 207 g/mol. The molecule has 0 spiro atoms. The number of nitrogens with zero attached hydrogens (tertiary/aromatic N) is 2. The van der Waals surface area contributed by atoms with Gasteiger partial charge in [-0.15, -0.1) is 11.3 Å². The topological polar surface area (TPSA) is 37.8 Å². The zero-order chi connectivity index (χ0) is 9.97. The number of hydrogen-bond donors (Lipinski definition) is 1. The fourth-order valence-corrected chi connectivity index (χ4v) is 2.32. The molecular weight excluding hydrogens is 194 g/mol. The first-order valence-corrected chi connectivity index (χ1v) is 5.64. The molecular formula is C10H13N3S. The van der Waals surface area contributed by atoms with Crippen molar-refractivity contribution in [3.05, 3.63) is 17.3 Å². The van der Waals surface area contributed by atoms with Crippen LogP contribution in [0.5, 0.6) is 0 Å². The van der Waals surface area contributed by atoms with Crippen molar-refractivity contribution in [1.82, 2.24) is 9.97 Å². The maximum Gasteiger partial charge on any atom is 0.138 e. The van der Waals surface area contributed by atoms with Gasteiger partial charge in [-0.25, -0.2) is 9.97 Å². The third-order valence-corrected chi connectivity index (χ3v) is 3.26. The number of aromatic nitrogens is 2. The highest BCUT2D eigenvalue weighted by Crippen LogP contribution is 2.28. The van der Waals surface area contributed by atoms with E-state index in [4.69, 9.17) is 0 Å². The Hall–Kier alpha value is -1.16. The Labute approximate surface area is 87.2 Å². The quantitative estimate of drug-likeness (QED) is 0.840. The fraction of sp³-hybridized carbons (Fsp3) is 0.400. The van der Waals surface area contributed by atoms with E-state index < -0.39 is 0 Å². The highest BCUT2D eigenvalue weighted by atomic mass is 32.1. The largest absolute Gasteiger partial charge is 0.370 e. The molecule has 0 aromatic carbocycles. The summed E-state index contributed by atoms with van der Waals surface area (Å²) in [5.41, 5.74) is 0.